The van der Waals surface area contributed by atoms with Gasteiger partial charge in [0.05, 0.1) is 16.3 Å². The van der Waals surface area contributed by atoms with Crippen LogP contribution in [0.25, 0.3) is 0 Å². The number of benzene rings is 1. The highest BCUT2D eigenvalue weighted by molar-refractivity contribution is 6.37. The van der Waals surface area contributed by atoms with Crippen molar-refractivity contribution in [1.29, 1.82) is 5.26 Å². The van der Waals surface area contributed by atoms with E-state index in [0.717, 1.165) is 12.1 Å². The number of hydrogen-bond acceptors (Lipinski definition) is 4. The van der Waals surface area contributed by atoms with Gasteiger partial charge in [-0.2, -0.15) is 41.1 Å². The molecule has 0 aliphatic rings. The van der Waals surface area contributed by atoms with Gasteiger partial charge in [-0.05, 0) is 17.7 Å². The zero-order chi connectivity index (χ0) is 19.5. The van der Waals surface area contributed by atoms with Crippen LogP contribution >= 0.6 is 23.2 Å². The molecule has 0 saturated carbocycles. The van der Waals surface area contributed by atoms with Gasteiger partial charge in [-0.25, -0.2) is 5.43 Å². The van der Waals surface area contributed by atoms with E-state index < -0.39 is 24.8 Å². The second-order valence-electron chi connectivity index (χ2n) is 4.28. The van der Waals surface area contributed by atoms with Gasteiger partial charge in [0.2, 0.25) is 0 Å². The number of halogens is 9. The number of ether oxygens (including phenoxy) is 1. The third-order valence-corrected chi connectivity index (χ3v) is 3.03. The monoisotopic (exact) mass is 411 g/mol. The van der Waals surface area contributed by atoms with Crippen LogP contribution in [0.1, 0.15) is 5.56 Å². The average molecular weight is 412 g/mol. The number of hydrazone groups is 1. The number of rotatable bonds is 6. The summed E-state index contributed by atoms with van der Waals surface area (Å²) in [7, 11) is 0. The molecule has 0 radical (unpaired) electrons. The molecule has 0 spiro atoms. The van der Waals surface area contributed by atoms with Crippen molar-refractivity contribution in [3.63, 3.8) is 0 Å². The summed E-state index contributed by atoms with van der Waals surface area (Å²) >= 11 is 11.5. The van der Waals surface area contributed by atoms with Crippen molar-refractivity contribution in [1.82, 2.24) is 5.43 Å². The van der Waals surface area contributed by atoms with Crippen LogP contribution in [0.5, 0.6) is 5.75 Å². The van der Waals surface area contributed by atoms with Crippen molar-refractivity contribution in [3.05, 3.63) is 27.7 Å². The van der Waals surface area contributed by atoms with Crippen LogP contribution in [0.3, 0.4) is 0 Å². The Morgan fingerprint density at radius 2 is 1.64 bits per heavy atom. The Morgan fingerprint density at radius 1 is 1.12 bits per heavy atom. The average Bonchev–Trinajstić information content (AvgIpc) is 2.45. The van der Waals surface area contributed by atoms with Crippen molar-refractivity contribution in [2.45, 2.75) is 18.1 Å². The quantitative estimate of drug-likeness (QED) is 0.322. The summed E-state index contributed by atoms with van der Waals surface area (Å²) in [6.07, 6.45) is -5.99. The zero-order valence-electron chi connectivity index (χ0n) is 11.6. The first-order chi connectivity index (χ1) is 11.3. The lowest BCUT2D eigenvalue weighted by Crippen LogP contribution is -2.58. The van der Waals surface area contributed by atoms with E-state index in [0.29, 0.717) is 11.6 Å². The molecule has 0 atom stereocenters. The van der Waals surface area contributed by atoms with E-state index in [4.69, 9.17) is 33.2 Å². The number of nitrogens with zero attached hydrogens (tertiary/aromatic N) is 2. The Kier molecular flexibility index (Phi) is 6.36. The van der Waals surface area contributed by atoms with Gasteiger partial charge >= 0.3 is 18.1 Å². The highest BCUT2D eigenvalue weighted by Crippen LogP contribution is 2.45. The van der Waals surface area contributed by atoms with Crippen LogP contribution in [0, 0.1) is 11.3 Å². The molecule has 13 heteroatoms. The van der Waals surface area contributed by atoms with E-state index in [1.54, 1.807) is 6.07 Å². The molecule has 1 rings (SSSR count). The highest BCUT2D eigenvalue weighted by atomic mass is 35.5. The number of nitrogens with one attached hydrogen (secondary N) is 1. The van der Waals surface area contributed by atoms with Crippen LogP contribution in [0.15, 0.2) is 17.2 Å². The molecule has 0 aliphatic carbocycles. The Labute approximate surface area is 145 Å². The summed E-state index contributed by atoms with van der Waals surface area (Å²) in [5, 5.41) is 10.7. The second kappa shape index (κ2) is 7.53. The van der Waals surface area contributed by atoms with Crippen molar-refractivity contribution in [2.75, 3.05) is 6.61 Å². The lowest BCUT2D eigenvalue weighted by molar-refractivity contribution is -0.361. The van der Waals surface area contributed by atoms with E-state index in [2.05, 4.69) is 5.10 Å². The molecule has 1 aromatic carbocycles. The molecule has 0 aromatic heterocycles. The van der Waals surface area contributed by atoms with E-state index in [1.807, 2.05) is 0 Å². The maximum atomic E-state index is 13.0. The van der Waals surface area contributed by atoms with Crippen molar-refractivity contribution >= 4 is 29.4 Å². The standard InChI is InChI=1S/C12H6Cl2F7N3O/c13-7-3-6(4-8(14)9(7)25-2-1-22)5-23-24-12(20,21)10(15,16)11(17,18)19/h3-5,24H,2H2/b23-5+. The molecule has 1 aromatic rings. The smallest absolute Gasteiger partial charge is 0.462 e. The molecule has 0 saturated heterocycles. The van der Waals surface area contributed by atoms with E-state index in [1.165, 1.54) is 0 Å². The van der Waals surface area contributed by atoms with Crippen molar-refractivity contribution < 1.29 is 35.5 Å². The topological polar surface area (TPSA) is 57.4 Å². The molecule has 25 heavy (non-hydrogen) atoms. The minimum Gasteiger partial charge on any atom is -0.476 e. The Hall–Kier alpha value is -1.93. The van der Waals surface area contributed by atoms with Gasteiger partial charge in [-0.15, -0.1) is 0 Å². The van der Waals surface area contributed by atoms with Crippen LogP contribution < -0.4 is 10.2 Å². The first-order valence-electron chi connectivity index (χ1n) is 5.95. The van der Waals surface area contributed by atoms with Gasteiger partial charge in [-0.1, -0.05) is 23.2 Å². The minimum atomic E-state index is -6.48. The van der Waals surface area contributed by atoms with Crippen LogP contribution in [0.2, 0.25) is 10.0 Å². The molecule has 0 unspecified atom stereocenters. The fourth-order valence-electron chi connectivity index (χ4n) is 1.33. The summed E-state index contributed by atoms with van der Waals surface area (Å²) in [6, 6.07) is -1.96. The Bertz CT molecular complexity index is 678. The SMILES string of the molecule is N#CCOc1c(Cl)cc(/C=N/NC(F)(F)C(F)(F)C(F)(F)F)cc1Cl. The Morgan fingerprint density at radius 3 is 2.08 bits per heavy atom. The molecule has 0 fully saturated rings. The van der Waals surface area contributed by atoms with Gasteiger partial charge in [0.15, 0.2) is 12.4 Å². The summed E-state index contributed by atoms with van der Waals surface area (Å²) in [6.45, 7) is -0.396. The first-order valence-corrected chi connectivity index (χ1v) is 6.70. The molecular formula is C12H6Cl2F7N3O. The van der Waals surface area contributed by atoms with E-state index in [9.17, 15) is 30.7 Å². The normalized spacial score (nSPS) is 13.0. The van der Waals surface area contributed by atoms with Gasteiger partial charge in [0.25, 0.3) is 0 Å². The number of nitriles is 1. The fraction of sp³-hybridized carbons (Fsp3) is 0.333. The lowest BCUT2D eigenvalue weighted by Gasteiger charge is -2.27. The predicted molar refractivity (Wildman–Crippen MR) is 74.2 cm³/mol. The molecule has 0 aliphatic heterocycles. The molecule has 0 amide bonds. The first kappa shape index (κ1) is 21.1. The number of hydrogen-bond donors (Lipinski definition) is 1. The zero-order valence-corrected chi connectivity index (χ0v) is 13.2. The fourth-order valence-corrected chi connectivity index (χ4v) is 1.95. The third-order valence-electron chi connectivity index (χ3n) is 2.47. The molecule has 0 heterocycles. The summed E-state index contributed by atoms with van der Waals surface area (Å²) in [4.78, 5) is 0. The van der Waals surface area contributed by atoms with Gasteiger partial charge in [-0.3, -0.25) is 0 Å². The summed E-state index contributed by atoms with van der Waals surface area (Å²) in [5.41, 5.74) is 0.335. The molecule has 1 N–H and O–H groups in total. The molecule has 4 nitrogen and oxygen atoms in total. The third kappa shape index (κ3) is 4.79. The molecule has 138 valence electrons. The van der Waals surface area contributed by atoms with Crippen LogP contribution in [0.4, 0.5) is 30.7 Å². The van der Waals surface area contributed by atoms with Gasteiger partial charge in [0, 0.05) is 0 Å². The highest BCUT2D eigenvalue weighted by Gasteiger charge is 2.73. The summed E-state index contributed by atoms with van der Waals surface area (Å²) in [5.74, 6) is -6.45. The largest absolute Gasteiger partial charge is 0.476 e. The van der Waals surface area contributed by atoms with Gasteiger partial charge < -0.3 is 4.74 Å². The Balaban J connectivity index is 2.95. The maximum Gasteiger partial charge on any atom is 0.462 e. The minimum absolute atomic E-state index is 0.107. The van der Waals surface area contributed by atoms with E-state index >= 15 is 0 Å². The maximum absolute atomic E-state index is 13.0. The van der Waals surface area contributed by atoms with Crippen molar-refractivity contribution in [3.8, 4) is 11.8 Å². The second-order valence-corrected chi connectivity index (χ2v) is 5.09. The number of alkyl halides is 7. The van der Waals surface area contributed by atoms with E-state index in [-0.39, 0.29) is 21.4 Å². The van der Waals surface area contributed by atoms with Crippen LogP contribution in [-0.4, -0.2) is 31.0 Å². The predicted octanol–water partition coefficient (Wildman–Crippen LogP) is 4.61. The van der Waals surface area contributed by atoms with Crippen LogP contribution in [-0.2, 0) is 0 Å². The molecular weight excluding hydrogens is 406 g/mol. The van der Waals surface area contributed by atoms with Crippen molar-refractivity contribution in [2.24, 2.45) is 5.10 Å². The summed E-state index contributed by atoms with van der Waals surface area (Å²) < 4.78 is 91.9. The lowest BCUT2D eigenvalue weighted by atomic mass is 10.2. The van der Waals surface area contributed by atoms with Gasteiger partial charge in [0.1, 0.15) is 6.07 Å². The molecule has 0 bridgehead atoms.